The third kappa shape index (κ3) is 2.65. The van der Waals surface area contributed by atoms with Crippen LogP contribution in [0.5, 0.6) is 0 Å². The van der Waals surface area contributed by atoms with Gasteiger partial charge in [0.2, 0.25) is 0 Å². The highest BCUT2D eigenvalue weighted by atomic mass is 32.2. The van der Waals surface area contributed by atoms with Gasteiger partial charge in [0.05, 0.1) is 18.5 Å². The van der Waals surface area contributed by atoms with Crippen LogP contribution in [0, 0.1) is 5.92 Å². The molecule has 1 aliphatic carbocycles. The molecule has 1 atom stereocenters. The molecule has 2 fully saturated rings. The van der Waals surface area contributed by atoms with Crippen LogP contribution >= 0.6 is 11.8 Å². The van der Waals surface area contributed by atoms with E-state index in [4.69, 9.17) is 4.74 Å². The lowest BCUT2D eigenvalue weighted by Gasteiger charge is -2.29. The van der Waals surface area contributed by atoms with Gasteiger partial charge in [0.25, 0.3) is 0 Å². The van der Waals surface area contributed by atoms with Crippen LogP contribution in [-0.4, -0.2) is 37.3 Å². The summed E-state index contributed by atoms with van der Waals surface area (Å²) in [5.74, 6) is 2.21. The first kappa shape index (κ1) is 10.8. The largest absolute Gasteiger partial charge is 0.379 e. The Hall–Kier alpha value is 0.270. The van der Waals surface area contributed by atoms with Gasteiger partial charge in [0, 0.05) is 11.8 Å². The standard InChI is InChI=1S/C11H21NOS/c1-12-11(9-4-2-3-5-9)8-14-10-6-13-7-10/h9-12H,2-8H2,1H3. The molecule has 1 saturated carbocycles. The quantitative estimate of drug-likeness (QED) is 0.757. The van der Waals surface area contributed by atoms with Crippen LogP contribution in [0.1, 0.15) is 25.7 Å². The molecule has 0 aromatic carbocycles. The van der Waals surface area contributed by atoms with Crippen molar-refractivity contribution in [2.24, 2.45) is 5.92 Å². The van der Waals surface area contributed by atoms with Crippen LogP contribution in [0.15, 0.2) is 0 Å². The summed E-state index contributed by atoms with van der Waals surface area (Å²) < 4.78 is 5.19. The zero-order chi connectivity index (χ0) is 9.80. The van der Waals surface area contributed by atoms with E-state index in [1.54, 1.807) is 0 Å². The van der Waals surface area contributed by atoms with Crippen molar-refractivity contribution in [3.05, 3.63) is 0 Å². The average molecular weight is 215 g/mol. The molecule has 1 saturated heterocycles. The summed E-state index contributed by atoms with van der Waals surface area (Å²) in [6.45, 7) is 1.96. The molecular weight excluding hydrogens is 194 g/mol. The van der Waals surface area contributed by atoms with Crippen LogP contribution in [0.3, 0.4) is 0 Å². The summed E-state index contributed by atoms with van der Waals surface area (Å²) in [5, 5.41) is 4.27. The summed E-state index contributed by atoms with van der Waals surface area (Å²) in [7, 11) is 2.11. The van der Waals surface area contributed by atoms with E-state index in [0.717, 1.165) is 30.4 Å². The Kier molecular flexibility index (Phi) is 4.14. The van der Waals surface area contributed by atoms with Crippen LogP contribution in [0.25, 0.3) is 0 Å². The highest BCUT2D eigenvalue weighted by Crippen LogP contribution is 2.30. The molecular formula is C11H21NOS. The highest BCUT2D eigenvalue weighted by Gasteiger charge is 2.26. The number of hydrogen-bond donors (Lipinski definition) is 1. The van der Waals surface area contributed by atoms with E-state index in [-0.39, 0.29) is 0 Å². The van der Waals surface area contributed by atoms with E-state index in [2.05, 4.69) is 24.1 Å². The van der Waals surface area contributed by atoms with Gasteiger partial charge in [-0.2, -0.15) is 11.8 Å². The summed E-state index contributed by atoms with van der Waals surface area (Å²) in [4.78, 5) is 0. The fraction of sp³-hybridized carbons (Fsp3) is 1.00. The lowest BCUT2D eigenvalue weighted by molar-refractivity contribution is 0.0454. The average Bonchev–Trinajstić information content (AvgIpc) is 2.62. The molecule has 2 rings (SSSR count). The van der Waals surface area contributed by atoms with E-state index >= 15 is 0 Å². The van der Waals surface area contributed by atoms with Gasteiger partial charge in [0.1, 0.15) is 0 Å². The van der Waals surface area contributed by atoms with Crippen molar-refractivity contribution in [2.75, 3.05) is 26.0 Å². The van der Waals surface area contributed by atoms with Gasteiger partial charge in [-0.25, -0.2) is 0 Å². The maximum atomic E-state index is 5.19. The fourth-order valence-corrected chi connectivity index (χ4v) is 3.67. The molecule has 0 aromatic rings. The van der Waals surface area contributed by atoms with E-state index in [9.17, 15) is 0 Å². The summed E-state index contributed by atoms with van der Waals surface area (Å²) in [6, 6.07) is 0.739. The number of thioether (sulfide) groups is 1. The maximum absolute atomic E-state index is 5.19. The Morgan fingerprint density at radius 2 is 2.07 bits per heavy atom. The summed E-state index contributed by atoms with van der Waals surface area (Å²) in [6.07, 6.45) is 5.76. The third-order valence-electron chi connectivity index (χ3n) is 3.46. The number of rotatable bonds is 5. The van der Waals surface area contributed by atoms with Crippen LogP contribution in [-0.2, 0) is 4.74 Å². The smallest absolute Gasteiger partial charge is 0.0607 e. The first-order valence-electron chi connectivity index (χ1n) is 5.76. The molecule has 1 N–H and O–H groups in total. The molecule has 1 aliphatic heterocycles. The van der Waals surface area contributed by atoms with Crippen molar-refractivity contribution < 1.29 is 4.74 Å². The monoisotopic (exact) mass is 215 g/mol. The molecule has 0 aromatic heterocycles. The van der Waals surface area contributed by atoms with Gasteiger partial charge in [-0.1, -0.05) is 12.8 Å². The van der Waals surface area contributed by atoms with E-state index in [1.807, 2.05) is 0 Å². The molecule has 1 unspecified atom stereocenters. The number of nitrogens with one attached hydrogen (secondary N) is 1. The zero-order valence-electron chi connectivity index (χ0n) is 9.00. The topological polar surface area (TPSA) is 21.3 Å². The molecule has 2 aliphatic rings. The van der Waals surface area contributed by atoms with Crippen molar-refractivity contribution >= 4 is 11.8 Å². The van der Waals surface area contributed by atoms with Crippen molar-refractivity contribution in [2.45, 2.75) is 37.0 Å². The first-order valence-corrected chi connectivity index (χ1v) is 6.81. The minimum Gasteiger partial charge on any atom is -0.379 e. The second-order valence-corrected chi connectivity index (χ2v) is 5.77. The molecule has 1 heterocycles. The highest BCUT2D eigenvalue weighted by molar-refractivity contribution is 8.00. The molecule has 0 radical (unpaired) electrons. The molecule has 0 bridgehead atoms. The molecule has 0 spiro atoms. The van der Waals surface area contributed by atoms with Crippen molar-refractivity contribution in [1.82, 2.24) is 5.32 Å². The van der Waals surface area contributed by atoms with Gasteiger partial charge < -0.3 is 10.1 Å². The molecule has 2 nitrogen and oxygen atoms in total. The Labute approximate surface area is 91.2 Å². The van der Waals surface area contributed by atoms with Crippen LogP contribution < -0.4 is 5.32 Å². The second kappa shape index (κ2) is 5.38. The summed E-state index contributed by atoms with van der Waals surface area (Å²) >= 11 is 2.10. The van der Waals surface area contributed by atoms with Crippen molar-refractivity contribution in [3.8, 4) is 0 Å². The molecule has 3 heteroatoms. The van der Waals surface area contributed by atoms with Gasteiger partial charge >= 0.3 is 0 Å². The Bertz CT molecular complexity index is 167. The van der Waals surface area contributed by atoms with Crippen LogP contribution in [0.4, 0.5) is 0 Å². The lowest BCUT2D eigenvalue weighted by atomic mass is 10.0. The predicted octanol–water partition coefficient (Wildman–Crippen LogP) is 1.90. The van der Waals surface area contributed by atoms with Gasteiger partial charge in [0.15, 0.2) is 0 Å². The predicted molar refractivity (Wildman–Crippen MR) is 61.9 cm³/mol. The SMILES string of the molecule is CNC(CSC1COC1)C1CCCC1. The second-order valence-electron chi connectivity index (χ2n) is 4.43. The minimum atomic E-state index is 0.739. The van der Waals surface area contributed by atoms with E-state index in [0.29, 0.717) is 0 Å². The minimum absolute atomic E-state index is 0.739. The lowest BCUT2D eigenvalue weighted by Crippen LogP contribution is -2.38. The zero-order valence-corrected chi connectivity index (χ0v) is 9.81. The third-order valence-corrected chi connectivity index (χ3v) is 4.75. The Morgan fingerprint density at radius 1 is 1.36 bits per heavy atom. The Morgan fingerprint density at radius 3 is 2.57 bits per heavy atom. The summed E-state index contributed by atoms with van der Waals surface area (Å²) in [5.41, 5.74) is 0. The van der Waals surface area contributed by atoms with Crippen molar-refractivity contribution in [3.63, 3.8) is 0 Å². The first-order chi connectivity index (χ1) is 6.90. The van der Waals surface area contributed by atoms with E-state index < -0.39 is 0 Å². The number of ether oxygens (including phenoxy) is 1. The molecule has 82 valence electrons. The Balaban J connectivity index is 1.68. The molecule has 14 heavy (non-hydrogen) atoms. The normalized spacial score (nSPS) is 26.4. The fourth-order valence-electron chi connectivity index (χ4n) is 2.36. The van der Waals surface area contributed by atoms with Gasteiger partial charge in [-0.15, -0.1) is 0 Å². The van der Waals surface area contributed by atoms with Crippen molar-refractivity contribution in [1.29, 1.82) is 0 Å². The van der Waals surface area contributed by atoms with Crippen LogP contribution in [0.2, 0.25) is 0 Å². The van der Waals surface area contributed by atoms with Gasteiger partial charge in [-0.3, -0.25) is 0 Å². The van der Waals surface area contributed by atoms with Gasteiger partial charge in [-0.05, 0) is 25.8 Å². The number of hydrogen-bond acceptors (Lipinski definition) is 3. The van der Waals surface area contributed by atoms with E-state index in [1.165, 1.54) is 31.4 Å². The maximum Gasteiger partial charge on any atom is 0.0607 e. The molecule has 0 amide bonds.